The molecule has 2 aromatic carbocycles. The van der Waals surface area contributed by atoms with E-state index < -0.39 is 0 Å². The Morgan fingerprint density at radius 3 is 2.60 bits per heavy atom. The summed E-state index contributed by atoms with van der Waals surface area (Å²) in [6.45, 7) is 3.59. The quantitative estimate of drug-likeness (QED) is 0.437. The number of nitrogens with one attached hydrogen (secondary N) is 1. The summed E-state index contributed by atoms with van der Waals surface area (Å²) >= 11 is 0. The minimum atomic E-state index is -0.208. The molecule has 1 fully saturated rings. The van der Waals surface area contributed by atoms with Crippen molar-refractivity contribution in [2.45, 2.75) is 25.7 Å². The first-order chi connectivity index (χ1) is 17.0. The molecule has 5 rings (SSSR count). The lowest BCUT2D eigenvalue weighted by Gasteiger charge is -2.35. The van der Waals surface area contributed by atoms with Crippen molar-refractivity contribution in [2.75, 3.05) is 30.3 Å². The number of hydrogen-bond acceptors (Lipinski definition) is 5. The van der Waals surface area contributed by atoms with E-state index >= 15 is 0 Å². The number of anilines is 3. The third-order valence-electron chi connectivity index (χ3n) is 6.83. The molecule has 178 valence electrons. The van der Waals surface area contributed by atoms with Crippen LogP contribution < -0.4 is 26.8 Å². The maximum atomic E-state index is 13.0. The molecule has 7 nitrogen and oxygen atoms in total. The van der Waals surface area contributed by atoms with Crippen LogP contribution in [0, 0.1) is 17.8 Å². The fourth-order valence-corrected chi connectivity index (χ4v) is 6.24. The molecule has 1 aromatic heterocycles. The summed E-state index contributed by atoms with van der Waals surface area (Å²) in [4.78, 5) is 29.3. The Morgan fingerprint density at radius 1 is 1.11 bits per heavy atom. The summed E-state index contributed by atoms with van der Waals surface area (Å²) in [6.07, 6.45) is 1.83. The fourth-order valence-electron chi connectivity index (χ4n) is 5.22. The summed E-state index contributed by atoms with van der Waals surface area (Å²) in [5.41, 5.74) is 8.44. The zero-order valence-corrected chi connectivity index (χ0v) is 20.6. The van der Waals surface area contributed by atoms with E-state index in [-0.39, 0.29) is 23.3 Å². The number of nitrogen functional groups attached to an aromatic ring is 1. The standard InChI is InChI=1S/C27H28N5O2P/c1-2-7-23(33)31-15-6-8-18(16-31)22-17-32(25-24(22)27(34)30-29-26(25)28)19-11-13-21(14-12-19)35-20-9-4-3-5-10-20/h3-5,9-14,18,22,35H,6,8,15-17H2,1H3,(H2,28,29)(H,30,34). The average molecular weight is 486 g/mol. The zero-order chi connectivity index (χ0) is 24.4. The third-order valence-corrected chi connectivity index (χ3v) is 8.07. The molecule has 35 heavy (non-hydrogen) atoms. The van der Waals surface area contributed by atoms with E-state index in [9.17, 15) is 9.59 Å². The zero-order valence-electron chi connectivity index (χ0n) is 19.6. The maximum Gasteiger partial charge on any atom is 0.298 e. The summed E-state index contributed by atoms with van der Waals surface area (Å²) in [7, 11) is 0.576. The minimum Gasteiger partial charge on any atom is -0.381 e. The van der Waals surface area contributed by atoms with Gasteiger partial charge in [-0.25, -0.2) is 5.10 Å². The van der Waals surface area contributed by atoms with E-state index in [1.807, 2.05) is 11.0 Å². The van der Waals surface area contributed by atoms with Gasteiger partial charge in [0.05, 0.1) is 11.3 Å². The Hall–Kier alpha value is -3.62. The van der Waals surface area contributed by atoms with Crippen LogP contribution in [0.3, 0.4) is 0 Å². The number of H-pyrrole nitrogens is 1. The number of hydrogen-bond donors (Lipinski definition) is 2. The number of likely N-dealkylation sites (tertiary alicyclic amines) is 1. The number of aromatic nitrogens is 2. The van der Waals surface area contributed by atoms with Gasteiger partial charge in [0.15, 0.2) is 5.82 Å². The molecule has 3 heterocycles. The van der Waals surface area contributed by atoms with Crippen molar-refractivity contribution in [3.63, 3.8) is 0 Å². The summed E-state index contributed by atoms with van der Waals surface area (Å²) in [5, 5.41) is 9.17. The number of amides is 1. The van der Waals surface area contributed by atoms with Crippen LogP contribution in [0.1, 0.15) is 31.2 Å². The second-order valence-corrected chi connectivity index (χ2v) is 10.4. The summed E-state index contributed by atoms with van der Waals surface area (Å²) < 4.78 is 0. The molecule has 3 aromatic rings. The number of nitrogens with zero attached hydrogens (tertiary/aromatic N) is 3. The smallest absolute Gasteiger partial charge is 0.298 e. The van der Waals surface area contributed by atoms with E-state index in [1.165, 1.54) is 10.6 Å². The van der Waals surface area contributed by atoms with Crippen LogP contribution >= 0.6 is 8.58 Å². The molecule has 0 radical (unpaired) electrons. The second kappa shape index (κ2) is 9.93. The summed E-state index contributed by atoms with van der Waals surface area (Å²) in [6, 6.07) is 18.9. The highest BCUT2D eigenvalue weighted by atomic mass is 31.1. The number of aromatic amines is 1. The number of fused-ring (bicyclic) bond motifs is 1. The molecule has 1 amide bonds. The number of rotatable bonds is 4. The Bertz CT molecular complexity index is 1340. The SMILES string of the molecule is CC#CC(=O)N1CCCC(C2CN(c3ccc(Pc4ccccc4)cc3)c3c(N)n[nH]c(=O)c32)C1. The lowest BCUT2D eigenvalue weighted by Crippen LogP contribution is -2.42. The van der Waals surface area contributed by atoms with Crippen LogP contribution in [-0.2, 0) is 4.79 Å². The molecule has 3 atom stereocenters. The monoisotopic (exact) mass is 485 g/mol. The van der Waals surface area contributed by atoms with Crippen LogP contribution in [0.2, 0.25) is 0 Å². The average Bonchev–Trinajstić information content (AvgIpc) is 3.30. The lowest BCUT2D eigenvalue weighted by atomic mass is 9.82. The van der Waals surface area contributed by atoms with Gasteiger partial charge in [0, 0.05) is 31.2 Å². The number of carbonyl (C=O) groups excluding carboxylic acids is 1. The Labute approximate surface area is 206 Å². The van der Waals surface area contributed by atoms with Gasteiger partial charge in [-0.2, -0.15) is 5.10 Å². The number of nitrogens with two attached hydrogens (primary N) is 1. The van der Waals surface area contributed by atoms with Gasteiger partial charge in [-0.1, -0.05) is 57.0 Å². The van der Waals surface area contributed by atoms with E-state index in [1.54, 1.807) is 6.92 Å². The molecule has 0 bridgehead atoms. The van der Waals surface area contributed by atoms with E-state index in [4.69, 9.17) is 5.73 Å². The van der Waals surface area contributed by atoms with Crippen LogP contribution in [0.15, 0.2) is 59.4 Å². The molecular formula is C27H28N5O2P. The van der Waals surface area contributed by atoms with Crippen molar-refractivity contribution in [3.05, 3.63) is 70.5 Å². The number of piperidine rings is 1. The minimum absolute atomic E-state index is 0.0462. The van der Waals surface area contributed by atoms with Crippen LogP contribution in [-0.4, -0.2) is 40.6 Å². The van der Waals surface area contributed by atoms with Gasteiger partial charge in [0.2, 0.25) is 0 Å². The highest BCUT2D eigenvalue weighted by Crippen LogP contribution is 2.46. The van der Waals surface area contributed by atoms with Gasteiger partial charge in [-0.3, -0.25) is 9.59 Å². The maximum absolute atomic E-state index is 13.0. The molecule has 3 unspecified atom stereocenters. The van der Waals surface area contributed by atoms with Crippen molar-refractivity contribution >= 4 is 42.3 Å². The molecule has 0 aliphatic carbocycles. The highest BCUT2D eigenvalue weighted by molar-refractivity contribution is 7.55. The first-order valence-corrected chi connectivity index (χ1v) is 12.8. The van der Waals surface area contributed by atoms with Crippen molar-refractivity contribution in [3.8, 4) is 11.8 Å². The topological polar surface area (TPSA) is 95.3 Å². The molecule has 8 heteroatoms. The van der Waals surface area contributed by atoms with Crippen molar-refractivity contribution in [1.82, 2.24) is 15.1 Å². The first-order valence-electron chi connectivity index (χ1n) is 11.8. The van der Waals surface area contributed by atoms with Crippen LogP contribution in [0.4, 0.5) is 17.2 Å². The van der Waals surface area contributed by atoms with Crippen molar-refractivity contribution in [2.24, 2.45) is 5.92 Å². The first kappa shape index (κ1) is 23.1. The normalized spacial score (nSPS) is 19.5. The third kappa shape index (κ3) is 4.67. The molecule has 0 saturated carbocycles. The molecule has 2 aliphatic heterocycles. The number of carbonyl (C=O) groups is 1. The predicted molar refractivity (Wildman–Crippen MR) is 142 cm³/mol. The van der Waals surface area contributed by atoms with Gasteiger partial charge >= 0.3 is 0 Å². The molecule has 1 saturated heterocycles. The Kier molecular flexibility index (Phi) is 6.57. The van der Waals surface area contributed by atoms with Gasteiger partial charge in [-0.15, -0.1) is 0 Å². The van der Waals surface area contributed by atoms with E-state index in [0.717, 1.165) is 18.5 Å². The Morgan fingerprint density at radius 2 is 1.86 bits per heavy atom. The van der Waals surface area contributed by atoms with Gasteiger partial charge in [-0.05, 0) is 54.3 Å². The predicted octanol–water partition coefficient (Wildman–Crippen LogP) is 2.48. The van der Waals surface area contributed by atoms with Crippen LogP contribution in [0.5, 0.6) is 0 Å². The fraction of sp³-hybridized carbons (Fsp3) is 0.296. The molecular weight excluding hydrogens is 457 g/mol. The van der Waals surface area contributed by atoms with Crippen molar-refractivity contribution in [1.29, 1.82) is 0 Å². The second-order valence-electron chi connectivity index (χ2n) is 8.98. The largest absolute Gasteiger partial charge is 0.381 e. The number of benzene rings is 2. The molecule has 0 spiro atoms. The van der Waals surface area contributed by atoms with Crippen LogP contribution in [0.25, 0.3) is 0 Å². The summed E-state index contributed by atoms with van der Waals surface area (Å²) in [5.74, 6) is 5.63. The van der Waals surface area contributed by atoms with Gasteiger partial charge < -0.3 is 15.5 Å². The van der Waals surface area contributed by atoms with Crippen molar-refractivity contribution < 1.29 is 4.79 Å². The molecule has 2 aliphatic rings. The van der Waals surface area contributed by atoms with Gasteiger partial charge in [0.1, 0.15) is 0 Å². The van der Waals surface area contributed by atoms with E-state index in [2.05, 4.69) is 75.5 Å². The Balaban J connectivity index is 1.43. The van der Waals surface area contributed by atoms with E-state index in [0.29, 0.717) is 45.3 Å². The lowest BCUT2D eigenvalue weighted by molar-refractivity contribution is -0.127. The molecule has 3 N–H and O–H groups in total. The highest BCUT2D eigenvalue weighted by Gasteiger charge is 2.41. The van der Waals surface area contributed by atoms with Gasteiger partial charge in [0.25, 0.3) is 11.5 Å².